The molecule has 0 saturated carbocycles. The average Bonchev–Trinajstić information content (AvgIpc) is 4.02. The van der Waals surface area contributed by atoms with E-state index in [1.807, 2.05) is 74.2 Å². The lowest BCUT2D eigenvalue weighted by molar-refractivity contribution is 0.00797. The summed E-state index contributed by atoms with van der Waals surface area (Å²) < 4.78 is 0. The maximum atomic E-state index is 13.2. The summed E-state index contributed by atoms with van der Waals surface area (Å²) in [5.74, 6) is 0.881. The minimum atomic E-state index is 0.0268. The first kappa shape index (κ1) is 40.4. The molecule has 314 valence electrons. The number of carbonyl (C=O) groups is 4. The number of likely N-dealkylation sites (tertiary alicyclic amines) is 2. The van der Waals surface area contributed by atoms with Crippen LogP contribution in [0.2, 0.25) is 0 Å². The highest BCUT2D eigenvalue weighted by Crippen LogP contribution is 2.29. The molecule has 0 radical (unpaired) electrons. The Morgan fingerprint density at radius 3 is 1.88 bits per heavy atom. The summed E-state index contributed by atoms with van der Waals surface area (Å²) in [6.45, 7) is 13.4. The van der Waals surface area contributed by atoms with Gasteiger partial charge in [-0.05, 0) is 78.9 Å². The van der Waals surface area contributed by atoms with Gasteiger partial charge in [0.15, 0.2) is 0 Å². The Morgan fingerprint density at radius 1 is 0.600 bits per heavy atom. The minimum absolute atomic E-state index is 0.0268. The van der Waals surface area contributed by atoms with Crippen molar-refractivity contribution in [2.24, 2.45) is 0 Å². The highest BCUT2D eigenvalue weighted by atomic mass is 32.1. The molecular weight excluding hydrogens is 775 g/mol. The summed E-state index contributed by atoms with van der Waals surface area (Å²) in [5.41, 5.74) is 8.47. The van der Waals surface area contributed by atoms with Crippen LogP contribution in [0.5, 0.6) is 0 Å². The Kier molecular flexibility index (Phi) is 12.3. The Labute approximate surface area is 356 Å². The Morgan fingerprint density at radius 2 is 1.23 bits per heavy atom. The Balaban J connectivity index is 0.000000154. The van der Waals surface area contributed by atoms with E-state index in [1.54, 1.807) is 10.9 Å². The van der Waals surface area contributed by atoms with Gasteiger partial charge in [-0.2, -0.15) is 0 Å². The molecule has 7 heterocycles. The van der Waals surface area contributed by atoms with E-state index in [9.17, 15) is 19.2 Å². The molecule has 4 amide bonds. The molecule has 2 N–H and O–H groups in total. The molecule has 0 bridgehead atoms. The molecule has 3 aromatic carbocycles. The third kappa shape index (κ3) is 8.75. The van der Waals surface area contributed by atoms with Crippen molar-refractivity contribution in [1.82, 2.24) is 45.0 Å². The van der Waals surface area contributed by atoms with Crippen LogP contribution in [0.1, 0.15) is 70.6 Å². The number of hydrogen-bond donors (Lipinski definition) is 2. The van der Waals surface area contributed by atoms with Crippen molar-refractivity contribution < 1.29 is 19.2 Å². The molecule has 60 heavy (non-hydrogen) atoms. The normalized spacial score (nSPS) is 21.4. The van der Waals surface area contributed by atoms with Crippen LogP contribution < -0.4 is 10.6 Å². The fraction of sp³-hybridized carbons (Fsp3) is 0.457. The van der Waals surface area contributed by atoms with Crippen molar-refractivity contribution in [2.75, 3.05) is 98.2 Å². The summed E-state index contributed by atoms with van der Waals surface area (Å²) in [6, 6.07) is 24.5. The SMILES string of the molecule is O=C(c1ccc2c(c1)CCNC2)N1CC(N2CCN(C(=O)c3cscn3)CC2)C1.O=C(c1ccccc1)N1CCN(C2CN(C(=O)c3ccccc3[C@@H]3CCNC3)C2)CC1. The second-order valence-corrected chi connectivity index (χ2v) is 17.5. The second kappa shape index (κ2) is 18.3. The van der Waals surface area contributed by atoms with Crippen LogP contribution in [0.4, 0.5) is 0 Å². The zero-order valence-electron chi connectivity index (χ0n) is 34.2. The standard InChI is InChI=1S/C25H30N4O2.C21H25N5O2S/c30-24(19-6-2-1-3-7-19)28-14-12-27(13-15-28)21-17-29(18-21)25(31)23-9-5-4-8-22(23)20-10-11-26-16-20;27-20(16-1-2-17-10-22-4-3-15(17)9-16)26-11-18(12-26)24-5-7-25(8-6-24)21(28)19-13-29-14-23-19/h1-9,20-21,26H,10-18H2;1-2,9,13-14,18,22H,3-8,10-12H2/t20-;/m1./s1. The summed E-state index contributed by atoms with van der Waals surface area (Å²) in [7, 11) is 0. The van der Waals surface area contributed by atoms with E-state index in [0.717, 1.165) is 134 Å². The highest BCUT2D eigenvalue weighted by Gasteiger charge is 2.39. The van der Waals surface area contributed by atoms with Gasteiger partial charge in [0.2, 0.25) is 0 Å². The van der Waals surface area contributed by atoms with Gasteiger partial charge in [-0.3, -0.25) is 29.0 Å². The fourth-order valence-corrected chi connectivity index (χ4v) is 9.98. The predicted molar refractivity (Wildman–Crippen MR) is 231 cm³/mol. The van der Waals surface area contributed by atoms with Crippen molar-refractivity contribution in [3.05, 3.63) is 123 Å². The van der Waals surface area contributed by atoms with E-state index in [4.69, 9.17) is 0 Å². The number of carbonyl (C=O) groups excluding carboxylic acids is 4. The maximum absolute atomic E-state index is 13.2. The number of nitrogens with zero attached hydrogens (tertiary/aromatic N) is 7. The van der Waals surface area contributed by atoms with E-state index in [0.29, 0.717) is 23.7 Å². The molecule has 0 unspecified atom stereocenters. The van der Waals surface area contributed by atoms with Crippen molar-refractivity contribution in [3.8, 4) is 0 Å². The van der Waals surface area contributed by atoms with E-state index >= 15 is 0 Å². The summed E-state index contributed by atoms with van der Waals surface area (Å²) in [4.78, 5) is 67.8. The number of aromatic nitrogens is 1. The monoisotopic (exact) mass is 829 g/mol. The van der Waals surface area contributed by atoms with Crippen molar-refractivity contribution in [2.45, 2.75) is 37.4 Å². The van der Waals surface area contributed by atoms with E-state index in [2.05, 4.69) is 43.6 Å². The lowest BCUT2D eigenvalue weighted by Crippen LogP contribution is -2.64. The predicted octanol–water partition coefficient (Wildman–Crippen LogP) is 3.12. The molecule has 13 nitrogen and oxygen atoms in total. The van der Waals surface area contributed by atoms with Gasteiger partial charge >= 0.3 is 0 Å². The number of hydrogen-bond acceptors (Lipinski definition) is 10. The fourth-order valence-electron chi connectivity index (χ4n) is 9.46. The summed E-state index contributed by atoms with van der Waals surface area (Å²) in [5, 5.41) is 8.58. The topological polar surface area (TPSA) is 125 Å². The molecule has 4 aromatic rings. The molecule has 6 aliphatic heterocycles. The molecule has 0 aliphatic carbocycles. The smallest absolute Gasteiger partial charge is 0.273 e. The molecule has 1 aromatic heterocycles. The number of thiazole rings is 1. The Hall–Kier alpha value is -4.99. The molecule has 5 saturated heterocycles. The largest absolute Gasteiger partial charge is 0.336 e. The number of rotatable bonds is 7. The molecule has 5 fully saturated rings. The van der Waals surface area contributed by atoms with E-state index in [1.165, 1.54) is 28.0 Å². The van der Waals surface area contributed by atoms with Gasteiger partial charge in [0, 0.05) is 126 Å². The van der Waals surface area contributed by atoms with Crippen LogP contribution in [0.3, 0.4) is 0 Å². The van der Waals surface area contributed by atoms with Crippen molar-refractivity contribution >= 4 is 35.0 Å². The van der Waals surface area contributed by atoms with Gasteiger partial charge in [-0.1, -0.05) is 42.5 Å². The molecule has 0 spiro atoms. The minimum Gasteiger partial charge on any atom is -0.336 e. The van der Waals surface area contributed by atoms with Gasteiger partial charge in [-0.25, -0.2) is 4.98 Å². The number of nitrogens with one attached hydrogen (secondary N) is 2. The molecule has 14 heteroatoms. The molecule has 6 aliphatic rings. The zero-order valence-corrected chi connectivity index (χ0v) is 35.0. The molecule has 1 atom stereocenters. The van der Waals surface area contributed by atoms with E-state index in [-0.39, 0.29) is 23.6 Å². The zero-order chi connectivity index (χ0) is 41.0. The van der Waals surface area contributed by atoms with Gasteiger partial charge < -0.3 is 30.2 Å². The number of piperazine rings is 2. The lowest BCUT2D eigenvalue weighted by Gasteiger charge is -2.48. The third-order valence-corrected chi connectivity index (χ3v) is 13.8. The molecular formula is C46H55N9O4S. The third-order valence-electron chi connectivity index (χ3n) is 13.2. The van der Waals surface area contributed by atoms with Gasteiger partial charge in [0.05, 0.1) is 5.51 Å². The van der Waals surface area contributed by atoms with Crippen LogP contribution in [-0.4, -0.2) is 168 Å². The summed E-state index contributed by atoms with van der Waals surface area (Å²) in [6.07, 6.45) is 2.09. The first-order valence-corrected chi connectivity index (χ1v) is 22.5. The first-order valence-electron chi connectivity index (χ1n) is 21.6. The van der Waals surface area contributed by atoms with Gasteiger partial charge in [-0.15, -0.1) is 11.3 Å². The van der Waals surface area contributed by atoms with E-state index < -0.39 is 0 Å². The maximum Gasteiger partial charge on any atom is 0.273 e. The van der Waals surface area contributed by atoms with Gasteiger partial charge in [0.1, 0.15) is 5.69 Å². The second-order valence-electron chi connectivity index (χ2n) is 16.8. The number of fused-ring (bicyclic) bond motifs is 1. The molecule has 10 rings (SSSR count). The highest BCUT2D eigenvalue weighted by molar-refractivity contribution is 7.07. The van der Waals surface area contributed by atoms with Crippen LogP contribution in [0, 0.1) is 0 Å². The lowest BCUT2D eigenvalue weighted by atomic mass is 9.92. The van der Waals surface area contributed by atoms with Crippen LogP contribution >= 0.6 is 11.3 Å². The van der Waals surface area contributed by atoms with Crippen molar-refractivity contribution in [3.63, 3.8) is 0 Å². The van der Waals surface area contributed by atoms with Crippen LogP contribution in [0.15, 0.2) is 83.7 Å². The van der Waals surface area contributed by atoms with Gasteiger partial charge in [0.25, 0.3) is 23.6 Å². The number of amides is 4. The van der Waals surface area contributed by atoms with Crippen LogP contribution in [0.25, 0.3) is 0 Å². The first-order chi connectivity index (χ1) is 29.4. The quantitative estimate of drug-likeness (QED) is 0.290. The Bertz CT molecular complexity index is 2140. The average molecular weight is 830 g/mol. The van der Waals surface area contributed by atoms with Crippen molar-refractivity contribution in [1.29, 1.82) is 0 Å². The number of benzene rings is 3. The van der Waals surface area contributed by atoms with Crippen LogP contribution in [-0.2, 0) is 13.0 Å². The summed E-state index contributed by atoms with van der Waals surface area (Å²) >= 11 is 1.45.